The first-order valence-electron chi connectivity index (χ1n) is 19.9. The lowest BCUT2D eigenvalue weighted by atomic mass is 10.0. The van der Waals surface area contributed by atoms with Crippen LogP contribution in [0.25, 0.3) is 0 Å². The maximum absolute atomic E-state index is 12.6. The van der Waals surface area contributed by atoms with Crippen molar-refractivity contribution in [1.82, 2.24) is 0 Å². The average Bonchev–Trinajstić information content (AvgIpc) is 3.04. The van der Waals surface area contributed by atoms with Crippen LogP contribution in [0, 0.1) is 0 Å². The van der Waals surface area contributed by atoms with Crippen LogP contribution in [-0.4, -0.2) is 74.9 Å². The van der Waals surface area contributed by atoms with Gasteiger partial charge in [0.15, 0.2) is 6.10 Å². The molecule has 0 heterocycles. The summed E-state index contributed by atoms with van der Waals surface area (Å²) in [6, 6.07) is 0. The second-order valence-electron chi connectivity index (χ2n) is 14.7. The van der Waals surface area contributed by atoms with E-state index in [-0.39, 0.29) is 25.6 Å². The molecule has 0 aromatic carbocycles. The Morgan fingerprint density at radius 2 is 1.04 bits per heavy atom. The smallest absolute Gasteiger partial charge is 0.462 e. The molecular weight excluding hydrogens is 641 g/mol. The molecule has 0 aromatic rings. The molecule has 2 atom stereocenters. The minimum atomic E-state index is -4.37. The first-order valence-corrected chi connectivity index (χ1v) is 21.4. The molecule has 0 fully saturated rings. The Morgan fingerprint density at radius 1 is 0.612 bits per heavy atom. The van der Waals surface area contributed by atoms with E-state index in [9.17, 15) is 19.0 Å². The van der Waals surface area contributed by atoms with Crippen LogP contribution in [0.3, 0.4) is 0 Å². The molecule has 0 aromatic heterocycles. The lowest BCUT2D eigenvalue weighted by Gasteiger charge is -2.24. The Balaban J connectivity index is 4.44. The Bertz CT molecular complexity index is 860. The van der Waals surface area contributed by atoms with Crippen LogP contribution in [0.1, 0.15) is 174 Å². The maximum Gasteiger partial charge on any atom is 0.472 e. The van der Waals surface area contributed by atoms with Crippen molar-refractivity contribution in [2.75, 3.05) is 47.5 Å². The predicted octanol–water partition coefficient (Wildman–Crippen LogP) is 10.6. The molecule has 49 heavy (non-hydrogen) atoms. The standard InChI is InChI=1S/C39H76NO8P/c1-6-8-10-12-14-16-18-20-22-24-26-28-30-32-39(42)48-37(36-47-49(43,44)46-34-33-40(3,4)5)35-45-38(41)31-29-27-25-23-21-19-17-15-13-11-9-7-2/h20,22,37H,6-19,21,23-36H2,1-5H3/p+1/b22-20+/t37-/m1/s1. The Kier molecular flexibility index (Phi) is 31.8. The molecule has 10 heteroatoms. The number of hydrogen-bond acceptors (Lipinski definition) is 7. The molecule has 0 rings (SSSR count). The Labute approximate surface area is 301 Å². The molecule has 0 saturated carbocycles. The van der Waals surface area contributed by atoms with Gasteiger partial charge in [-0.15, -0.1) is 0 Å². The molecule has 0 spiro atoms. The van der Waals surface area contributed by atoms with Gasteiger partial charge < -0.3 is 18.9 Å². The molecule has 0 amide bonds. The molecule has 0 aliphatic heterocycles. The number of carbonyl (C=O) groups is 2. The van der Waals surface area contributed by atoms with E-state index in [2.05, 4.69) is 26.0 Å². The number of esters is 2. The summed E-state index contributed by atoms with van der Waals surface area (Å²) in [4.78, 5) is 35.2. The van der Waals surface area contributed by atoms with Crippen LogP contribution in [0.5, 0.6) is 0 Å². The molecule has 290 valence electrons. The van der Waals surface area contributed by atoms with Gasteiger partial charge in [-0.3, -0.25) is 18.6 Å². The fraction of sp³-hybridized carbons (Fsp3) is 0.897. The van der Waals surface area contributed by atoms with Crippen LogP contribution in [-0.2, 0) is 32.7 Å². The molecule has 0 radical (unpaired) electrons. The van der Waals surface area contributed by atoms with Crippen molar-refractivity contribution in [2.24, 2.45) is 0 Å². The van der Waals surface area contributed by atoms with Crippen molar-refractivity contribution in [3.63, 3.8) is 0 Å². The number of phosphoric ester groups is 1. The van der Waals surface area contributed by atoms with E-state index in [0.29, 0.717) is 23.9 Å². The highest BCUT2D eigenvalue weighted by molar-refractivity contribution is 7.47. The van der Waals surface area contributed by atoms with Crippen molar-refractivity contribution < 1.29 is 42.1 Å². The van der Waals surface area contributed by atoms with E-state index in [1.165, 1.54) is 96.3 Å². The van der Waals surface area contributed by atoms with Gasteiger partial charge in [0.2, 0.25) is 0 Å². The monoisotopic (exact) mass is 719 g/mol. The van der Waals surface area contributed by atoms with E-state index < -0.39 is 26.5 Å². The summed E-state index contributed by atoms with van der Waals surface area (Å²) in [6.07, 6.45) is 31.1. The van der Waals surface area contributed by atoms with Crippen molar-refractivity contribution >= 4 is 19.8 Å². The van der Waals surface area contributed by atoms with E-state index >= 15 is 0 Å². The Hall–Kier alpha value is -1.25. The van der Waals surface area contributed by atoms with Crippen LogP contribution in [0.15, 0.2) is 12.2 Å². The lowest BCUT2D eigenvalue weighted by Crippen LogP contribution is -2.37. The van der Waals surface area contributed by atoms with Gasteiger partial charge >= 0.3 is 19.8 Å². The molecule has 0 saturated heterocycles. The van der Waals surface area contributed by atoms with E-state index in [1.54, 1.807) is 0 Å². The van der Waals surface area contributed by atoms with Gasteiger partial charge in [-0.25, -0.2) is 4.57 Å². The van der Waals surface area contributed by atoms with Crippen molar-refractivity contribution in [1.29, 1.82) is 0 Å². The van der Waals surface area contributed by atoms with Crippen LogP contribution in [0.4, 0.5) is 0 Å². The number of nitrogens with zero attached hydrogens (tertiary/aromatic N) is 1. The second-order valence-corrected chi connectivity index (χ2v) is 16.1. The van der Waals surface area contributed by atoms with E-state index in [4.69, 9.17) is 18.5 Å². The minimum Gasteiger partial charge on any atom is -0.462 e. The fourth-order valence-electron chi connectivity index (χ4n) is 5.36. The summed E-state index contributed by atoms with van der Waals surface area (Å²) < 4.78 is 34.2. The SMILES string of the molecule is CCCCCCCC/C=C/CCCCCC(=O)O[C@H](COC(=O)CCCCCCCCCCCCCC)COP(=O)(O)OCC[N+](C)(C)C. The third-order valence-corrected chi connectivity index (χ3v) is 9.53. The zero-order valence-electron chi connectivity index (χ0n) is 32.4. The van der Waals surface area contributed by atoms with E-state index in [1.807, 2.05) is 21.1 Å². The van der Waals surface area contributed by atoms with Gasteiger partial charge in [-0.1, -0.05) is 135 Å². The quantitative estimate of drug-likeness (QED) is 0.0224. The van der Waals surface area contributed by atoms with Crippen LogP contribution < -0.4 is 0 Å². The van der Waals surface area contributed by atoms with Crippen molar-refractivity contribution in [2.45, 2.75) is 180 Å². The molecule has 0 aliphatic carbocycles. The molecule has 0 bridgehead atoms. The van der Waals surface area contributed by atoms with E-state index in [0.717, 1.165) is 44.9 Å². The van der Waals surface area contributed by atoms with Gasteiger partial charge in [-0.05, 0) is 38.5 Å². The average molecular weight is 719 g/mol. The summed E-state index contributed by atoms with van der Waals surface area (Å²) in [5, 5.41) is 0. The number of rotatable bonds is 36. The lowest BCUT2D eigenvalue weighted by molar-refractivity contribution is -0.870. The molecule has 1 N–H and O–H groups in total. The molecule has 9 nitrogen and oxygen atoms in total. The molecule has 1 unspecified atom stereocenters. The summed E-state index contributed by atoms with van der Waals surface area (Å²) in [5.74, 6) is -0.813. The van der Waals surface area contributed by atoms with Crippen LogP contribution in [0.2, 0.25) is 0 Å². The first-order chi connectivity index (χ1) is 23.5. The van der Waals surface area contributed by atoms with Crippen molar-refractivity contribution in [3.8, 4) is 0 Å². The Morgan fingerprint density at radius 3 is 1.53 bits per heavy atom. The highest BCUT2D eigenvalue weighted by Gasteiger charge is 2.27. The van der Waals surface area contributed by atoms with Gasteiger partial charge in [0, 0.05) is 12.8 Å². The second kappa shape index (κ2) is 32.6. The first kappa shape index (κ1) is 47.8. The number of quaternary nitrogens is 1. The number of hydrogen-bond donors (Lipinski definition) is 1. The molecule has 0 aliphatic rings. The minimum absolute atomic E-state index is 0.0317. The zero-order chi connectivity index (χ0) is 36.5. The number of phosphoric acid groups is 1. The maximum atomic E-state index is 12.6. The summed E-state index contributed by atoms with van der Waals surface area (Å²) >= 11 is 0. The normalized spacial score (nSPS) is 13.8. The number of likely N-dealkylation sites (N-methyl/N-ethyl adjacent to an activating group) is 1. The fourth-order valence-corrected chi connectivity index (χ4v) is 6.10. The molecular formula is C39H77NO8P+. The summed E-state index contributed by atoms with van der Waals surface area (Å²) in [5.41, 5.74) is 0. The largest absolute Gasteiger partial charge is 0.472 e. The third kappa shape index (κ3) is 36.3. The number of unbranched alkanes of at least 4 members (excludes halogenated alkanes) is 20. The van der Waals surface area contributed by atoms with Gasteiger partial charge in [0.1, 0.15) is 19.8 Å². The highest BCUT2D eigenvalue weighted by Crippen LogP contribution is 2.43. The van der Waals surface area contributed by atoms with Gasteiger partial charge in [0.05, 0.1) is 27.7 Å². The van der Waals surface area contributed by atoms with Crippen molar-refractivity contribution in [3.05, 3.63) is 12.2 Å². The topological polar surface area (TPSA) is 108 Å². The summed E-state index contributed by atoms with van der Waals surface area (Å²) in [7, 11) is 1.47. The zero-order valence-corrected chi connectivity index (χ0v) is 33.3. The summed E-state index contributed by atoms with van der Waals surface area (Å²) in [6.45, 7) is 4.39. The number of allylic oxidation sites excluding steroid dienone is 2. The number of ether oxygens (including phenoxy) is 2. The highest BCUT2D eigenvalue weighted by atomic mass is 31.2. The number of carbonyl (C=O) groups excluding carboxylic acids is 2. The van der Waals surface area contributed by atoms with Gasteiger partial charge in [0.25, 0.3) is 0 Å². The predicted molar refractivity (Wildman–Crippen MR) is 201 cm³/mol. The van der Waals surface area contributed by atoms with Gasteiger partial charge in [-0.2, -0.15) is 0 Å². The van der Waals surface area contributed by atoms with Crippen LogP contribution >= 0.6 is 7.82 Å². The third-order valence-electron chi connectivity index (χ3n) is 8.55.